The van der Waals surface area contributed by atoms with Gasteiger partial charge in [0.15, 0.2) is 5.13 Å². The molecule has 1 N–H and O–H groups in total. The molecule has 1 saturated heterocycles. The van der Waals surface area contributed by atoms with Crippen molar-refractivity contribution >= 4 is 50.0 Å². The van der Waals surface area contributed by atoms with Crippen LogP contribution in [0.25, 0.3) is 10.2 Å². The number of benzene rings is 2. The first-order valence-corrected chi connectivity index (χ1v) is 9.40. The number of nitrogens with zero attached hydrogens (tertiary/aromatic N) is 3. The van der Waals surface area contributed by atoms with Gasteiger partial charge in [-0.15, -0.1) is 0 Å². The van der Waals surface area contributed by atoms with Crippen LogP contribution in [-0.2, 0) is 0 Å². The van der Waals surface area contributed by atoms with Crippen molar-refractivity contribution in [2.45, 2.75) is 0 Å². The minimum Gasteiger partial charge on any atom is -0.345 e. The Morgan fingerprint density at radius 1 is 1.12 bits per heavy atom. The van der Waals surface area contributed by atoms with E-state index in [0.29, 0.717) is 31.2 Å². The maximum Gasteiger partial charge on any atom is 0.321 e. The van der Waals surface area contributed by atoms with Gasteiger partial charge in [-0.1, -0.05) is 22.9 Å². The van der Waals surface area contributed by atoms with Crippen LogP contribution in [0.5, 0.6) is 0 Å². The van der Waals surface area contributed by atoms with Crippen molar-refractivity contribution in [2.75, 3.05) is 36.4 Å². The van der Waals surface area contributed by atoms with E-state index < -0.39 is 0 Å². The minimum absolute atomic E-state index is 0.127. The van der Waals surface area contributed by atoms with Crippen molar-refractivity contribution in [3.63, 3.8) is 0 Å². The van der Waals surface area contributed by atoms with Gasteiger partial charge in [0, 0.05) is 36.9 Å². The lowest BCUT2D eigenvalue weighted by atomic mass is 10.3. The summed E-state index contributed by atoms with van der Waals surface area (Å²) in [7, 11) is 0. The van der Waals surface area contributed by atoms with Crippen LogP contribution in [0.2, 0.25) is 5.02 Å². The second-order valence-electron chi connectivity index (χ2n) is 6.02. The minimum atomic E-state index is -0.253. The van der Waals surface area contributed by atoms with E-state index >= 15 is 0 Å². The van der Waals surface area contributed by atoms with Crippen LogP contribution in [-0.4, -0.2) is 42.1 Å². The van der Waals surface area contributed by atoms with Crippen molar-refractivity contribution in [3.05, 3.63) is 53.3 Å². The normalized spacial score (nSPS) is 14.7. The fourth-order valence-corrected chi connectivity index (χ4v) is 4.03. The molecule has 1 fully saturated rings. The molecule has 0 spiro atoms. The van der Waals surface area contributed by atoms with E-state index in [1.807, 2.05) is 0 Å². The third kappa shape index (κ3) is 3.59. The molecule has 2 heterocycles. The second kappa shape index (κ2) is 7.09. The maximum atomic E-state index is 13.3. The maximum absolute atomic E-state index is 13.3. The molecule has 0 saturated carbocycles. The Morgan fingerprint density at radius 3 is 2.58 bits per heavy atom. The highest BCUT2D eigenvalue weighted by Crippen LogP contribution is 2.30. The number of thiazole rings is 1. The summed E-state index contributed by atoms with van der Waals surface area (Å²) in [5, 5.41) is 4.37. The van der Waals surface area contributed by atoms with Gasteiger partial charge in [-0.3, -0.25) is 0 Å². The number of urea groups is 1. The zero-order valence-corrected chi connectivity index (χ0v) is 15.4. The predicted molar refractivity (Wildman–Crippen MR) is 104 cm³/mol. The van der Waals surface area contributed by atoms with E-state index in [2.05, 4.69) is 15.2 Å². The topological polar surface area (TPSA) is 48.5 Å². The van der Waals surface area contributed by atoms with Crippen LogP contribution in [0.15, 0.2) is 42.5 Å². The number of rotatable bonds is 2. The number of anilines is 2. The number of carbonyl (C=O) groups excluding carboxylic acids is 1. The highest BCUT2D eigenvalue weighted by Gasteiger charge is 2.23. The lowest BCUT2D eigenvalue weighted by Crippen LogP contribution is -2.50. The van der Waals surface area contributed by atoms with Crippen LogP contribution >= 0.6 is 22.9 Å². The molecular formula is C18H16ClFN4OS. The van der Waals surface area contributed by atoms with Crippen LogP contribution in [0.4, 0.5) is 20.0 Å². The molecule has 0 aliphatic carbocycles. The summed E-state index contributed by atoms with van der Waals surface area (Å²) < 4.78 is 14.2. The summed E-state index contributed by atoms with van der Waals surface area (Å²) in [4.78, 5) is 20.9. The molecule has 3 aromatic rings. The molecule has 0 atom stereocenters. The molecule has 1 aliphatic heterocycles. The highest BCUT2D eigenvalue weighted by molar-refractivity contribution is 7.22. The molecule has 26 heavy (non-hydrogen) atoms. The van der Waals surface area contributed by atoms with Gasteiger partial charge < -0.3 is 15.1 Å². The number of fused-ring (bicyclic) bond motifs is 1. The van der Waals surface area contributed by atoms with Crippen LogP contribution < -0.4 is 10.2 Å². The summed E-state index contributed by atoms with van der Waals surface area (Å²) in [6.45, 7) is 2.58. The number of aromatic nitrogens is 1. The first-order chi connectivity index (χ1) is 12.6. The Kier molecular flexibility index (Phi) is 4.65. The summed E-state index contributed by atoms with van der Waals surface area (Å²) >= 11 is 7.33. The lowest BCUT2D eigenvalue weighted by Gasteiger charge is -2.34. The number of nitrogens with one attached hydrogen (secondary N) is 1. The third-order valence-electron chi connectivity index (χ3n) is 4.27. The predicted octanol–water partition coefficient (Wildman–Crippen LogP) is 4.44. The van der Waals surface area contributed by atoms with Crippen molar-refractivity contribution in [1.29, 1.82) is 0 Å². The van der Waals surface area contributed by atoms with Crippen LogP contribution in [0.3, 0.4) is 0 Å². The molecule has 1 aromatic heterocycles. The van der Waals surface area contributed by atoms with Crippen molar-refractivity contribution in [3.8, 4) is 0 Å². The van der Waals surface area contributed by atoms with E-state index in [1.54, 1.807) is 35.2 Å². The second-order valence-corrected chi connectivity index (χ2v) is 7.47. The molecule has 2 aromatic carbocycles. The zero-order valence-electron chi connectivity index (χ0n) is 13.8. The average Bonchev–Trinajstić information content (AvgIpc) is 3.07. The van der Waals surface area contributed by atoms with Crippen LogP contribution in [0.1, 0.15) is 0 Å². The van der Waals surface area contributed by atoms with Gasteiger partial charge in [0.25, 0.3) is 0 Å². The molecule has 134 valence electrons. The summed E-state index contributed by atoms with van der Waals surface area (Å²) in [5.74, 6) is -0.253. The fourth-order valence-electron chi connectivity index (χ4n) is 2.86. The number of piperazine rings is 1. The van der Waals surface area contributed by atoms with E-state index in [9.17, 15) is 9.18 Å². The van der Waals surface area contributed by atoms with Gasteiger partial charge in [-0.25, -0.2) is 14.2 Å². The Bertz CT molecular complexity index is 938. The Morgan fingerprint density at radius 2 is 1.85 bits per heavy atom. The van der Waals surface area contributed by atoms with Gasteiger partial charge >= 0.3 is 6.03 Å². The number of amides is 2. The van der Waals surface area contributed by atoms with Gasteiger partial charge in [0.2, 0.25) is 0 Å². The first kappa shape index (κ1) is 17.1. The number of hydrogen-bond donors (Lipinski definition) is 1. The molecule has 4 rings (SSSR count). The smallest absolute Gasteiger partial charge is 0.321 e. The largest absolute Gasteiger partial charge is 0.345 e. The molecule has 5 nitrogen and oxygen atoms in total. The van der Waals surface area contributed by atoms with Crippen LogP contribution in [0, 0.1) is 5.82 Å². The molecular weight excluding hydrogens is 375 g/mol. The fraction of sp³-hybridized carbons (Fsp3) is 0.222. The van der Waals surface area contributed by atoms with E-state index in [4.69, 9.17) is 11.6 Å². The first-order valence-electron chi connectivity index (χ1n) is 8.21. The summed E-state index contributed by atoms with van der Waals surface area (Å²) in [6.07, 6.45) is 0. The molecule has 1 aliphatic rings. The quantitative estimate of drug-likeness (QED) is 0.703. The van der Waals surface area contributed by atoms with Gasteiger partial charge in [0.1, 0.15) is 5.82 Å². The van der Waals surface area contributed by atoms with Crippen molar-refractivity contribution in [2.24, 2.45) is 0 Å². The van der Waals surface area contributed by atoms with E-state index in [1.165, 1.54) is 23.5 Å². The zero-order chi connectivity index (χ0) is 18.1. The third-order valence-corrected chi connectivity index (χ3v) is 5.60. The van der Waals surface area contributed by atoms with E-state index in [-0.39, 0.29) is 11.8 Å². The molecule has 2 amide bonds. The molecule has 0 bridgehead atoms. The lowest BCUT2D eigenvalue weighted by molar-refractivity contribution is 0.208. The average molecular weight is 391 g/mol. The Hall–Kier alpha value is -2.38. The number of halogens is 2. The molecule has 8 heteroatoms. The number of carbonyl (C=O) groups is 1. The van der Waals surface area contributed by atoms with Gasteiger partial charge in [-0.05, 0) is 42.5 Å². The van der Waals surface area contributed by atoms with E-state index in [0.717, 1.165) is 21.0 Å². The highest BCUT2D eigenvalue weighted by atomic mass is 35.5. The van der Waals surface area contributed by atoms with Gasteiger partial charge in [-0.2, -0.15) is 0 Å². The summed E-state index contributed by atoms with van der Waals surface area (Å²) in [6, 6.07) is 11.5. The van der Waals surface area contributed by atoms with Gasteiger partial charge in [0.05, 0.1) is 10.2 Å². The monoisotopic (exact) mass is 390 g/mol. The van der Waals surface area contributed by atoms with Crippen molar-refractivity contribution in [1.82, 2.24) is 9.88 Å². The van der Waals surface area contributed by atoms with Crippen molar-refractivity contribution < 1.29 is 9.18 Å². The number of hydrogen-bond acceptors (Lipinski definition) is 4. The SMILES string of the molecule is O=C(Nc1ccc(Cl)cc1)N1CCN(c2nc3ccc(F)cc3s2)CC1. The molecule has 0 radical (unpaired) electrons. The molecule has 0 unspecified atom stereocenters. The Labute approximate surface area is 159 Å². The standard InChI is InChI=1S/C18H16ClFN4OS/c19-12-1-4-14(5-2-12)21-17(25)23-7-9-24(10-8-23)18-22-15-6-3-13(20)11-16(15)26-18/h1-6,11H,7-10H2,(H,21,25). The Balaban J connectivity index is 1.38. The summed E-state index contributed by atoms with van der Waals surface area (Å²) in [5.41, 5.74) is 1.52.